The average molecular weight is 376 g/mol. The molecule has 0 unspecified atom stereocenters. The van der Waals surface area contributed by atoms with Crippen LogP contribution < -0.4 is 10.9 Å². The lowest BCUT2D eigenvalue weighted by Gasteiger charge is -2.06. The molecule has 0 saturated heterocycles. The van der Waals surface area contributed by atoms with Crippen molar-refractivity contribution in [1.82, 2.24) is 14.9 Å². The molecule has 3 aromatic rings. The second-order valence-electron chi connectivity index (χ2n) is 5.07. The van der Waals surface area contributed by atoms with Gasteiger partial charge in [0.25, 0.3) is 5.56 Å². The molecule has 0 aliphatic carbocycles. The van der Waals surface area contributed by atoms with Crippen LogP contribution >= 0.6 is 34.4 Å². The molecule has 9 heteroatoms. The van der Waals surface area contributed by atoms with Crippen LogP contribution in [0.3, 0.4) is 0 Å². The summed E-state index contributed by atoms with van der Waals surface area (Å²) in [6, 6.07) is 3.93. The standard InChI is InChI=1S/C15H12N4O2S3/c20-11(18-15-16-3-5-23-15)6-19-8-17-13-12(14(19)21)9(7-24-13)10-2-1-4-22-10/h1-2,4,7-8H,3,5-6H2,(H,16,18,20). The van der Waals surface area contributed by atoms with Crippen LogP contribution in [0, 0.1) is 0 Å². The van der Waals surface area contributed by atoms with Crippen molar-refractivity contribution >= 4 is 55.7 Å². The Morgan fingerprint density at radius 3 is 3.04 bits per heavy atom. The number of fused-ring (bicyclic) bond motifs is 1. The van der Waals surface area contributed by atoms with Gasteiger partial charge in [0.05, 0.1) is 18.3 Å². The third-order valence-corrected chi connectivity index (χ3v) is 6.17. The van der Waals surface area contributed by atoms with Crippen molar-refractivity contribution in [2.45, 2.75) is 6.54 Å². The van der Waals surface area contributed by atoms with Crippen LogP contribution in [0.15, 0.2) is 39.0 Å². The normalized spacial score (nSPS) is 14.1. The van der Waals surface area contributed by atoms with Gasteiger partial charge in [0.15, 0.2) is 5.17 Å². The summed E-state index contributed by atoms with van der Waals surface area (Å²) in [6.45, 7) is 0.647. The van der Waals surface area contributed by atoms with Crippen LogP contribution in [0.4, 0.5) is 0 Å². The van der Waals surface area contributed by atoms with Crippen LogP contribution in [0.25, 0.3) is 20.7 Å². The van der Waals surface area contributed by atoms with Gasteiger partial charge in [-0.05, 0) is 11.4 Å². The molecule has 6 nitrogen and oxygen atoms in total. The van der Waals surface area contributed by atoms with Crippen molar-refractivity contribution in [2.24, 2.45) is 4.99 Å². The van der Waals surface area contributed by atoms with Gasteiger partial charge in [-0.3, -0.25) is 19.1 Å². The number of amidine groups is 1. The number of carbonyl (C=O) groups is 1. The zero-order valence-electron chi connectivity index (χ0n) is 12.4. The highest BCUT2D eigenvalue weighted by Gasteiger charge is 2.16. The molecule has 0 radical (unpaired) electrons. The summed E-state index contributed by atoms with van der Waals surface area (Å²) < 4.78 is 1.35. The van der Waals surface area contributed by atoms with E-state index in [9.17, 15) is 9.59 Å². The summed E-state index contributed by atoms with van der Waals surface area (Å²) >= 11 is 4.53. The number of aliphatic imine (C=N–C) groups is 1. The molecule has 0 atom stereocenters. The summed E-state index contributed by atoms with van der Waals surface area (Å²) in [5.41, 5.74) is 0.689. The van der Waals surface area contributed by atoms with E-state index in [1.165, 1.54) is 34.0 Å². The molecule has 0 spiro atoms. The molecule has 4 rings (SSSR count). The molecule has 1 aliphatic rings. The molecule has 3 aromatic heterocycles. The zero-order valence-corrected chi connectivity index (χ0v) is 14.8. The van der Waals surface area contributed by atoms with Gasteiger partial charge in [-0.15, -0.1) is 22.7 Å². The zero-order chi connectivity index (χ0) is 16.5. The second-order valence-corrected chi connectivity index (χ2v) is 7.96. The molecule has 122 valence electrons. The number of amides is 1. The number of thioether (sulfide) groups is 1. The Kier molecular flexibility index (Phi) is 4.21. The highest BCUT2D eigenvalue weighted by Crippen LogP contribution is 2.33. The number of carbonyl (C=O) groups excluding carboxylic acids is 1. The Morgan fingerprint density at radius 2 is 2.29 bits per heavy atom. The first kappa shape index (κ1) is 15.6. The number of hydrogen-bond acceptors (Lipinski definition) is 7. The Bertz CT molecular complexity index is 988. The van der Waals surface area contributed by atoms with Gasteiger partial charge in [-0.1, -0.05) is 17.8 Å². The number of aromatic nitrogens is 2. The van der Waals surface area contributed by atoms with Gasteiger partial charge < -0.3 is 5.32 Å². The average Bonchev–Trinajstić information content (AvgIpc) is 3.29. The van der Waals surface area contributed by atoms with Crippen molar-refractivity contribution in [3.8, 4) is 10.4 Å². The van der Waals surface area contributed by atoms with Gasteiger partial charge in [0.1, 0.15) is 11.4 Å². The fraction of sp³-hybridized carbons (Fsp3) is 0.200. The van der Waals surface area contributed by atoms with E-state index < -0.39 is 0 Å². The third kappa shape index (κ3) is 2.90. The maximum absolute atomic E-state index is 12.8. The lowest BCUT2D eigenvalue weighted by Crippen LogP contribution is -2.34. The molecule has 0 fully saturated rings. The van der Waals surface area contributed by atoms with E-state index in [1.54, 1.807) is 11.3 Å². The lowest BCUT2D eigenvalue weighted by molar-refractivity contribution is -0.120. The summed E-state index contributed by atoms with van der Waals surface area (Å²) in [6.07, 6.45) is 1.43. The van der Waals surface area contributed by atoms with Crippen LogP contribution in [-0.2, 0) is 11.3 Å². The predicted octanol–water partition coefficient (Wildman–Crippen LogP) is 2.41. The minimum absolute atomic E-state index is 0.0684. The van der Waals surface area contributed by atoms with E-state index in [0.717, 1.165) is 16.2 Å². The maximum Gasteiger partial charge on any atom is 0.263 e. The monoisotopic (exact) mass is 376 g/mol. The van der Waals surface area contributed by atoms with Crippen LogP contribution in [0.2, 0.25) is 0 Å². The topological polar surface area (TPSA) is 76.3 Å². The maximum atomic E-state index is 12.8. The van der Waals surface area contributed by atoms with E-state index in [4.69, 9.17) is 0 Å². The molecule has 0 aromatic carbocycles. The highest BCUT2D eigenvalue weighted by atomic mass is 32.2. The summed E-state index contributed by atoms with van der Waals surface area (Å²) in [5.74, 6) is 0.613. The molecule has 4 heterocycles. The number of hydrogen-bond donors (Lipinski definition) is 1. The lowest BCUT2D eigenvalue weighted by atomic mass is 10.2. The Labute approximate surface area is 149 Å². The Morgan fingerprint density at radius 1 is 1.38 bits per heavy atom. The fourth-order valence-electron chi connectivity index (χ4n) is 2.42. The van der Waals surface area contributed by atoms with Crippen LogP contribution in [0.1, 0.15) is 0 Å². The van der Waals surface area contributed by atoms with Crippen molar-refractivity contribution in [2.75, 3.05) is 12.3 Å². The molecular formula is C15H12N4O2S3. The minimum atomic E-state index is -0.265. The number of nitrogens with one attached hydrogen (secondary N) is 1. The van der Waals surface area contributed by atoms with E-state index in [1.807, 2.05) is 22.9 Å². The van der Waals surface area contributed by atoms with Gasteiger partial charge in [-0.25, -0.2) is 4.98 Å². The Balaban J connectivity index is 1.66. The molecule has 1 amide bonds. The SMILES string of the molecule is O=C(Cn1cnc2scc(-c3cccs3)c2c1=O)NC1=NCCS1. The van der Waals surface area contributed by atoms with Gasteiger partial charge >= 0.3 is 0 Å². The molecule has 1 aliphatic heterocycles. The third-order valence-electron chi connectivity index (χ3n) is 3.49. The molecular weight excluding hydrogens is 364 g/mol. The second kappa shape index (κ2) is 6.50. The molecule has 24 heavy (non-hydrogen) atoms. The quantitative estimate of drug-likeness (QED) is 0.762. The van der Waals surface area contributed by atoms with Crippen molar-refractivity contribution in [1.29, 1.82) is 0 Å². The molecule has 0 saturated carbocycles. The number of nitrogens with zero attached hydrogens (tertiary/aromatic N) is 3. The van der Waals surface area contributed by atoms with Gasteiger partial charge in [0.2, 0.25) is 5.91 Å². The highest BCUT2D eigenvalue weighted by molar-refractivity contribution is 8.14. The largest absolute Gasteiger partial charge is 0.304 e. The molecule has 1 N–H and O–H groups in total. The van der Waals surface area contributed by atoms with E-state index >= 15 is 0 Å². The van der Waals surface area contributed by atoms with Gasteiger partial charge in [-0.2, -0.15) is 0 Å². The van der Waals surface area contributed by atoms with E-state index in [0.29, 0.717) is 21.9 Å². The fourth-order valence-corrected chi connectivity index (χ4v) is 4.88. The first-order valence-corrected chi connectivity index (χ1v) is 9.94. The number of rotatable bonds is 3. The summed E-state index contributed by atoms with van der Waals surface area (Å²) in [7, 11) is 0. The smallest absolute Gasteiger partial charge is 0.263 e. The number of thiophene rings is 2. The van der Waals surface area contributed by atoms with Crippen LogP contribution in [0.5, 0.6) is 0 Å². The van der Waals surface area contributed by atoms with Gasteiger partial charge in [0, 0.05) is 21.6 Å². The van der Waals surface area contributed by atoms with E-state index in [-0.39, 0.29) is 18.0 Å². The minimum Gasteiger partial charge on any atom is -0.304 e. The van der Waals surface area contributed by atoms with Crippen molar-refractivity contribution in [3.05, 3.63) is 39.6 Å². The summed E-state index contributed by atoms with van der Waals surface area (Å²) in [4.78, 5) is 35.1. The molecule has 0 bridgehead atoms. The van der Waals surface area contributed by atoms with E-state index in [2.05, 4.69) is 15.3 Å². The van der Waals surface area contributed by atoms with Crippen molar-refractivity contribution in [3.63, 3.8) is 0 Å². The summed E-state index contributed by atoms with van der Waals surface area (Å²) in [5, 5.41) is 7.84. The van der Waals surface area contributed by atoms with Crippen molar-refractivity contribution < 1.29 is 4.79 Å². The predicted molar refractivity (Wildman–Crippen MR) is 100 cm³/mol. The first-order chi connectivity index (χ1) is 11.7. The van der Waals surface area contributed by atoms with Crippen LogP contribution in [-0.4, -0.2) is 32.9 Å². The first-order valence-electron chi connectivity index (χ1n) is 7.20. The Hall–Kier alpha value is -1.97.